The van der Waals surface area contributed by atoms with Crippen molar-refractivity contribution in [3.63, 3.8) is 0 Å². The first kappa shape index (κ1) is 22.6. The van der Waals surface area contributed by atoms with Crippen molar-refractivity contribution in [3.05, 3.63) is 74.9 Å². The van der Waals surface area contributed by atoms with E-state index in [-0.39, 0.29) is 11.8 Å². The molecule has 7 nitrogen and oxygen atoms in total. The largest absolute Gasteiger partial charge is 0.456 e. The molecule has 0 bridgehead atoms. The zero-order valence-electron chi connectivity index (χ0n) is 18.2. The van der Waals surface area contributed by atoms with Gasteiger partial charge in [-0.05, 0) is 90.4 Å². The summed E-state index contributed by atoms with van der Waals surface area (Å²) in [6, 6.07) is 19.3. The number of aromatic nitrogens is 2. The third kappa shape index (κ3) is 4.08. The Kier molecular flexibility index (Phi) is 5.87. The molecule has 1 atom stereocenters. The summed E-state index contributed by atoms with van der Waals surface area (Å²) in [7, 11) is 0. The molecular formula is C25H20IN5O2S. The van der Waals surface area contributed by atoms with Gasteiger partial charge in [0.25, 0.3) is 0 Å². The molecule has 0 radical (unpaired) electrons. The van der Waals surface area contributed by atoms with Gasteiger partial charge in [0, 0.05) is 39.1 Å². The Labute approximate surface area is 215 Å². The molecule has 0 aliphatic carbocycles. The van der Waals surface area contributed by atoms with Crippen molar-refractivity contribution in [1.82, 2.24) is 9.19 Å². The molecule has 1 amide bonds. The van der Waals surface area contributed by atoms with Gasteiger partial charge in [-0.25, -0.2) is 4.09 Å². The van der Waals surface area contributed by atoms with E-state index in [9.17, 15) is 10.1 Å². The number of benzene rings is 3. The fraction of sp³-hybridized carbons (Fsp3) is 0.160. The number of carbonyl (C=O) groups is 1. The van der Waals surface area contributed by atoms with Crippen molar-refractivity contribution in [2.24, 2.45) is 0 Å². The van der Waals surface area contributed by atoms with Crippen LogP contribution in [-0.4, -0.2) is 21.6 Å². The van der Waals surface area contributed by atoms with E-state index < -0.39 is 0 Å². The maximum Gasteiger partial charge on any atom is 0.227 e. The molecule has 1 aliphatic heterocycles. The Morgan fingerprint density at radius 2 is 2.00 bits per heavy atom. The van der Waals surface area contributed by atoms with Crippen LogP contribution in [0.1, 0.15) is 29.0 Å². The highest BCUT2D eigenvalue weighted by atomic mass is 127. The van der Waals surface area contributed by atoms with E-state index in [1.807, 2.05) is 55.5 Å². The molecule has 9 heteroatoms. The maximum absolute atomic E-state index is 13.0. The number of hydrogen-bond donors (Lipinski definition) is 2. The van der Waals surface area contributed by atoms with Crippen molar-refractivity contribution in [2.45, 2.75) is 19.3 Å². The molecule has 34 heavy (non-hydrogen) atoms. The summed E-state index contributed by atoms with van der Waals surface area (Å²) in [4.78, 5) is 14.8. The first-order chi connectivity index (χ1) is 16.3. The normalized spacial score (nSPS) is 15.6. The van der Waals surface area contributed by atoms with Gasteiger partial charge in [0.1, 0.15) is 17.6 Å². The highest BCUT2D eigenvalue weighted by molar-refractivity contribution is 14.1. The van der Waals surface area contributed by atoms with Crippen LogP contribution < -0.4 is 15.4 Å². The quantitative estimate of drug-likeness (QED) is 0.248. The van der Waals surface area contributed by atoms with E-state index in [4.69, 9.17) is 10.5 Å². The number of ether oxygens (including phenoxy) is 1. The number of nitrogens with two attached hydrogens (primary N) is 1. The van der Waals surface area contributed by atoms with Crippen molar-refractivity contribution in [2.75, 3.05) is 17.2 Å². The lowest BCUT2D eigenvalue weighted by Gasteiger charge is -2.19. The van der Waals surface area contributed by atoms with Crippen LogP contribution in [0.25, 0.3) is 10.9 Å². The number of fused-ring (bicyclic) bond motifs is 1. The summed E-state index contributed by atoms with van der Waals surface area (Å²) in [5.41, 5.74) is 9.98. The number of thiol groups is 1. The second-order valence-corrected chi connectivity index (χ2v) is 9.90. The van der Waals surface area contributed by atoms with Gasteiger partial charge in [-0.1, -0.05) is 12.1 Å². The molecule has 170 valence electrons. The molecule has 5 rings (SSSR count). The van der Waals surface area contributed by atoms with Crippen LogP contribution in [-0.2, 0) is 4.79 Å². The monoisotopic (exact) mass is 581 g/mol. The van der Waals surface area contributed by atoms with Gasteiger partial charge < -0.3 is 15.4 Å². The average Bonchev–Trinajstić information content (AvgIpc) is 3.33. The zero-order chi connectivity index (χ0) is 24.0. The first-order valence-electron chi connectivity index (χ1n) is 10.6. The predicted octanol–water partition coefficient (Wildman–Crippen LogP) is 5.41. The minimum atomic E-state index is -0.0597. The Hall–Kier alpha value is -3.23. The van der Waals surface area contributed by atoms with Gasteiger partial charge in [-0.2, -0.15) is 5.26 Å². The number of nitrogens with zero attached hydrogens (tertiary/aromatic N) is 4. The first-order valence-corrected chi connectivity index (χ1v) is 12.1. The van der Waals surface area contributed by atoms with E-state index in [0.717, 1.165) is 31.3 Å². The summed E-state index contributed by atoms with van der Waals surface area (Å²) in [6.07, 6.45) is 0.356. The lowest BCUT2D eigenvalue weighted by atomic mass is 9.97. The van der Waals surface area contributed by atoms with Crippen LogP contribution >= 0.6 is 35.4 Å². The molecule has 4 aromatic rings. The summed E-state index contributed by atoms with van der Waals surface area (Å²) in [6.45, 7) is 2.47. The minimum absolute atomic E-state index is 0.0268. The van der Waals surface area contributed by atoms with E-state index in [1.54, 1.807) is 11.0 Å². The van der Waals surface area contributed by atoms with Crippen LogP contribution in [0.2, 0.25) is 0 Å². The summed E-state index contributed by atoms with van der Waals surface area (Å²) in [5, 5.41) is 14.4. The molecule has 0 unspecified atom stereocenters. The van der Waals surface area contributed by atoms with Gasteiger partial charge >= 0.3 is 0 Å². The predicted molar refractivity (Wildman–Crippen MR) is 143 cm³/mol. The Balaban J connectivity index is 1.48. The van der Waals surface area contributed by atoms with Crippen LogP contribution in [0.3, 0.4) is 0 Å². The topological polar surface area (TPSA) is 97.2 Å². The number of hydrogen-bond acceptors (Lipinski definition) is 6. The number of aryl methyl sites for hydroxylation is 1. The summed E-state index contributed by atoms with van der Waals surface area (Å²) >= 11 is 6.52. The third-order valence-electron chi connectivity index (χ3n) is 6.00. The van der Waals surface area contributed by atoms with Crippen LogP contribution in [0.15, 0.2) is 54.6 Å². The fourth-order valence-electron chi connectivity index (χ4n) is 4.31. The number of amides is 1. The standard InChI is InChI=1S/C25H20IN5O2S/c1-14-2-3-15(12-27)22(8-14)33-23-10-17(26)4-6-19(23)16-9-24(32)30(13-16)18-5-7-21-20(11-18)25(28)29-31(21)34/h2-8,10-11,16,34H,9,13H2,1H3,(H2,28,29)/t16-/m0/s1. The SMILES string of the molecule is Cc1ccc(C#N)c(Oc2cc(I)ccc2[C@H]2CC(=O)N(c3ccc4c(c3)c(N)nn4S)C2)c1. The highest BCUT2D eigenvalue weighted by Crippen LogP contribution is 2.40. The van der Waals surface area contributed by atoms with Crippen LogP contribution in [0.5, 0.6) is 11.5 Å². The van der Waals surface area contributed by atoms with Gasteiger partial charge in [0.05, 0.1) is 11.1 Å². The third-order valence-corrected chi connectivity index (χ3v) is 6.98. The smallest absolute Gasteiger partial charge is 0.227 e. The molecule has 1 fully saturated rings. The summed E-state index contributed by atoms with van der Waals surface area (Å²) < 4.78 is 8.70. The molecule has 2 heterocycles. The van der Waals surface area contributed by atoms with Gasteiger partial charge in [-0.3, -0.25) is 4.79 Å². The Bertz CT molecular complexity index is 1490. The lowest BCUT2D eigenvalue weighted by molar-refractivity contribution is -0.117. The number of halogens is 1. The maximum atomic E-state index is 13.0. The number of carbonyl (C=O) groups excluding carboxylic acids is 1. The number of rotatable bonds is 4. The van der Waals surface area contributed by atoms with E-state index in [0.29, 0.717) is 35.8 Å². The molecule has 0 saturated carbocycles. The van der Waals surface area contributed by atoms with E-state index in [1.165, 1.54) is 4.09 Å². The summed E-state index contributed by atoms with van der Waals surface area (Å²) in [5.74, 6) is 1.51. The minimum Gasteiger partial charge on any atom is -0.456 e. The second-order valence-electron chi connectivity index (χ2n) is 8.28. The van der Waals surface area contributed by atoms with Gasteiger partial charge in [-0.15, -0.1) is 5.10 Å². The lowest BCUT2D eigenvalue weighted by Crippen LogP contribution is -2.24. The zero-order valence-corrected chi connectivity index (χ0v) is 21.2. The van der Waals surface area contributed by atoms with Crippen molar-refractivity contribution >= 4 is 63.7 Å². The van der Waals surface area contributed by atoms with Crippen molar-refractivity contribution < 1.29 is 9.53 Å². The van der Waals surface area contributed by atoms with E-state index in [2.05, 4.69) is 46.6 Å². The van der Waals surface area contributed by atoms with Crippen molar-refractivity contribution in [3.8, 4) is 17.6 Å². The molecule has 1 saturated heterocycles. The van der Waals surface area contributed by atoms with Crippen LogP contribution in [0.4, 0.5) is 11.5 Å². The Morgan fingerprint density at radius 1 is 1.18 bits per heavy atom. The van der Waals surface area contributed by atoms with E-state index >= 15 is 0 Å². The number of nitriles is 1. The molecule has 1 aromatic heterocycles. The Morgan fingerprint density at radius 3 is 2.79 bits per heavy atom. The second kappa shape index (κ2) is 8.85. The number of anilines is 2. The molecule has 3 aromatic carbocycles. The van der Waals surface area contributed by atoms with Crippen molar-refractivity contribution in [1.29, 1.82) is 5.26 Å². The average molecular weight is 581 g/mol. The molecule has 1 aliphatic rings. The highest BCUT2D eigenvalue weighted by Gasteiger charge is 2.34. The van der Waals surface area contributed by atoms with Crippen LogP contribution in [0, 0.1) is 21.8 Å². The number of nitrogen functional groups attached to an aromatic ring is 1. The van der Waals surface area contributed by atoms with Gasteiger partial charge in [0.2, 0.25) is 5.91 Å². The molecule has 2 N–H and O–H groups in total. The van der Waals surface area contributed by atoms with Gasteiger partial charge in [0.15, 0.2) is 5.82 Å². The fourth-order valence-corrected chi connectivity index (χ4v) is 5.04. The molecular weight excluding hydrogens is 561 g/mol. The molecule has 0 spiro atoms.